The van der Waals surface area contributed by atoms with Gasteiger partial charge in [-0.05, 0) is 58.0 Å². The van der Waals surface area contributed by atoms with E-state index in [9.17, 15) is 4.79 Å². The molecule has 0 spiro atoms. The standard InChI is InChI=1S/C16H29NO2/c1-14(18)13-16-6-4-10-17(16)9-3-2-5-15-7-11-19-12-8-15/h15-16H,2-13H2,1H3. The van der Waals surface area contributed by atoms with Crippen molar-refractivity contribution < 1.29 is 9.53 Å². The van der Waals surface area contributed by atoms with Gasteiger partial charge in [0.2, 0.25) is 0 Å². The summed E-state index contributed by atoms with van der Waals surface area (Å²) in [6.07, 6.45) is 9.79. The van der Waals surface area contributed by atoms with Crippen LogP contribution in [0.4, 0.5) is 0 Å². The van der Waals surface area contributed by atoms with Crippen molar-refractivity contribution in [3.8, 4) is 0 Å². The molecule has 0 aromatic heterocycles. The maximum atomic E-state index is 11.2. The van der Waals surface area contributed by atoms with Crippen molar-refractivity contribution in [3.05, 3.63) is 0 Å². The summed E-state index contributed by atoms with van der Waals surface area (Å²) in [5.41, 5.74) is 0. The first kappa shape index (κ1) is 15.0. The first-order chi connectivity index (χ1) is 9.25. The zero-order valence-corrected chi connectivity index (χ0v) is 12.4. The third-order valence-corrected chi connectivity index (χ3v) is 4.67. The minimum Gasteiger partial charge on any atom is -0.381 e. The van der Waals surface area contributed by atoms with Gasteiger partial charge in [0.15, 0.2) is 0 Å². The lowest BCUT2D eigenvalue weighted by Gasteiger charge is -2.25. The molecular weight excluding hydrogens is 238 g/mol. The lowest BCUT2D eigenvalue weighted by Crippen LogP contribution is -2.31. The minimum absolute atomic E-state index is 0.346. The Morgan fingerprint density at radius 3 is 2.74 bits per heavy atom. The Hall–Kier alpha value is -0.410. The number of hydrogen-bond acceptors (Lipinski definition) is 3. The molecule has 1 unspecified atom stereocenters. The van der Waals surface area contributed by atoms with Gasteiger partial charge in [-0.3, -0.25) is 9.69 Å². The van der Waals surface area contributed by atoms with Crippen LogP contribution >= 0.6 is 0 Å². The van der Waals surface area contributed by atoms with Gasteiger partial charge in [0.25, 0.3) is 0 Å². The average molecular weight is 267 g/mol. The van der Waals surface area contributed by atoms with Gasteiger partial charge in [-0.25, -0.2) is 0 Å². The molecule has 1 atom stereocenters. The van der Waals surface area contributed by atoms with Crippen LogP contribution in [0.25, 0.3) is 0 Å². The van der Waals surface area contributed by atoms with E-state index in [0.717, 1.165) is 25.6 Å². The van der Waals surface area contributed by atoms with Crippen LogP contribution in [0.1, 0.15) is 58.3 Å². The molecule has 2 heterocycles. The van der Waals surface area contributed by atoms with Crippen LogP contribution in [0, 0.1) is 5.92 Å². The van der Waals surface area contributed by atoms with E-state index in [-0.39, 0.29) is 0 Å². The van der Waals surface area contributed by atoms with Crippen molar-refractivity contribution in [3.63, 3.8) is 0 Å². The summed E-state index contributed by atoms with van der Waals surface area (Å²) in [5, 5.41) is 0. The quantitative estimate of drug-likeness (QED) is 0.664. The van der Waals surface area contributed by atoms with Crippen LogP contribution in [0.2, 0.25) is 0 Å². The largest absolute Gasteiger partial charge is 0.381 e. The molecule has 0 radical (unpaired) electrons. The van der Waals surface area contributed by atoms with E-state index in [1.165, 1.54) is 58.0 Å². The molecule has 2 fully saturated rings. The van der Waals surface area contributed by atoms with Crippen LogP contribution in [-0.4, -0.2) is 43.0 Å². The SMILES string of the molecule is CC(=O)CC1CCCN1CCCCC1CCOCC1. The van der Waals surface area contributed by atoms with E-state index in [1.54, 1.807) is 6.92 Å². The van der Waals surface area contributed by atoms with Crippen molar-refractivity contribution in [2.24, 2.45) is 5.92 Å². The summed E-state index contributed by atoms with van der Waals surface area (Å²) in [7, 11) is 0. The molecule has 19 heavy (non-hydrogen) atoms. The average Bonchev–Trinajstić information content (AvgIpc) is 2.82. The molecule has 0 N–H and O–H groups in total. The smallest absolute Gasteiger partial charge is 0.131 e. The summed E-state index contributed by atoms with van der Waals surface area (Å²) < 4.78 is 5.40. The molecule has 3 nitrogen and oxygen atoms in total. The molecule has 0 saturated carbocycles. The third-order valence-electron chi connectivity index (χ3n) is 4.67. The highest BCUT2D eigenvalue weighted by atomic mass is 16.5. The molecule has 3 heteroatoms. The Labute approximate surface area is 117 Å². The fourth-order valence-electron chi connectivity index (χ4n) is 3.54. The highest BCUT2D eigenvalue weighted by Gasteiger charge is 2.24. The Morgan fingerprint density at radius 1 is 1.21 bits per heavy atom. The van der Waals surface area contributed by atoms with E-state index in [0.29, 0.717) is 11.8 Å². The number of likely N-dealkylation sites (tertiary alicyclic amines) is 1. The highest BCUT2D eigenvalue weighted by molar-refractivity contribution is 5.76. The molecule has 0 bridgehead atoms. The Bertz CT molecular complexity index is 274. The molecular formula is C16H29NO2. The number of rotatable bonds is 7. The van der Waals surface area contributed by atoms with Crippen LogP contribution in [-0.2, 0) is 9.53 Å². The van der Waals surface area contributed by atoms with Gasteiger partial charge >= 0.3 is 0 Å². The van der Waals surface area contributed by atoms with Gasteiger partial charge in [0, 0.05) is 25.7 Å². The van der Waals surface area contributed by atoms with Gasteiger partial charge in [0.1, 0.15) is 5.78 Å². The Morgan fingerprint density at radius 2 is 2.00 bits per heavy atom. The van der Waals surface area contributed by atoms with Crippen LogP contribution in [0.15, 0.2) is 0 Å². The maximum absolute atomic E-state index is 11.2. The second-order valence-electron chi connectivity index (χ2n) is 6.29. The van der Waals surface area contributed by atoms with Crippen LogP contribution < -0.4 is 0 Å². The van der Waals surface area contributed by atoms with E-state index in [4.69, 9.17) is 4.74 Å². The third kappa shape index (κ3) is 5.23. The number of Topliss-reactive ketones (excluding diaryl/α,β-unsaturated/α-hetero) is 1. The van der Waals surface area contributed by atoms with Gasteiger partial charge < -0.3 is 4.74 Å². The number of nitrogens with zero attached hydrogens (tertiary/aromatic N) is 1. The molecule has 2 aliphatic rings. The van der Waals surface area contributed by atoms with E-state index < -0.39 is 0 Å². The first-order valence-electron chi connectivity index (χ1n) is 8.07. The zero-order chi connectivity index (χ0) is 13.5. The number of carbonyl (C=O) groups is 1. The first-order valence-corrected chi connectivity index (χ1v) is 8.07. The fourth-order valence-corrected chi connectivity index (χ4v) is 3.54. The number of ether oxygens (including phenoxy) is 1. The predicted molar refractivity (Wildman–Crippen MR) is 77.3 cm³/mol. The molecule has 0 aromatic rings. The molecule has 2 rings (SSSR count). The Kier molecular flexibility index (Phi) is 6.32. The van der Waals surface area contributed by atoms with E-state index in [2.05, 4.69) is 4.90 Å². The number of hydrogen-bond donors (Lipinski definition) is 0. The number of unbranched alkanes of at least 4 members (excludes halogenated alkanes) is 1. The van der Waals surface area contributed by atoms with Crippen molar-refractivity contribution in [1.82, 2.24) is 4.90 Å². The van der Waals surface area contributed by atoms with Crippen molar-refractivity contribution in [2.45, 2.75) is 64.3 Å². The topological polar surface area (TPSA) is 29.5 Å². The number of carbonyl (C=O) groups excluding carboxylic acids is 1. The summed E-state index contributed by atoms with van der Waals surface area (Å²) >= 11 is 0. The van der Waals surface area contributed by atoms with Crippen LogP contribution in [0.3, 0.4) is 0 Å². The van der Waals surface area contributed by atoms with Crippen LogP contribution in [0.5, 0.6) is 0 Å². The van der Waals surface area contributed by atoms with E-state index >= 15 is 0 Å². The maximum Gasteiger partial charge on any atom is 0.131 e. The molecule has 0 amide bonds. The summed E-state index contributed by atoms with van der Waals surface area (Å²) in [6, 6.07) is 0.542. The minimum atomic E-state index is 0.346. The Balaban J connectivity index is 1.57. The van der Waals surface area contributed by atoms with Gasteiger partial charge in [0.05, 0.1) is 0 Å². The monoisotopic (exact) mass is 267 g/mol. The molecule has 0 aromatic carbocycles. The molecule has 0 aliphatic carbocycles. The summed E-state index contributed by atoms with van der Waals surface area (Å²) in [5.74, 6) is 1.25. The van der Waals surface area contributed by atoms with Crippen molar-refractivity contribution in [1.29, 1.82) is 0 Å². The number of ketones is 1. The lowest BCUT2D eigenvalue weighted by atomic mass is 9.94. The van der Waals surface area contributed by atoms with Gasteiger partial charge in [-0.1, -0.05) is 12.8 Å². The second-order valence-corrected chi connectivity index (χ2v) is 6.29. The molecule has 2 saturated heterocycles. The molecule has 2 aliphatic heterocycles. The van der Waals surface area contributed by atoms with Crippen molar-refractivity contribution in [2.75, 3.05) is 26.3 Å². The fraction of sp³-hybridized carbons (Fsp3) is 0.938. The summed E-state index contributed by atoms with van der Waals surface area (Å²) in [4.78, 5) is 13.8. The lowest BCUT2D eigenvalue weighted by molar-refractivity contribution is -0.118. The predicted octanol–water partition coefficient (Wildman–Crippen LogP) is 3.03. The van der Waals surface area contributed by atoms with Gasteiger partial charge in [-0.15, -0.1) is 0 Å². The van der Waals surface area contributed by atoms with E-state index in [1.807, 2.05) is 0 Å². The van der Waals surface area contributed by atoms with Gasteiger partial charge in [-0.2, -0.15) is 0 Å². The zero-order valence-electron chi connectivity index (χ0n) is 12.4. The summed E-state index contributed by atoms with van der Waals surface area (Å²) in [6.45, 7) is 6.06. The van der Waals surface area contributed by atoms with Crippen molar-refractivity contribution >= 4 is 5.78 Å². The second kappa shape index (κ2) is 8.01. The normalized spacial score (nSPS) is 25.8. The highest BCUT2D eigenvalue weighted by Crippen LogP contribution is 2.23. The molecule has 110 valence electrons.